The Morgan fingerprint density at radius 3 is 2.66 bits per heavy atom. The molecule has 0 radical (unpaired) electrons. The zero-order valence-electron chi connectivity index (χ0n) is 17.0. The van der Waals surface area contributed by atoms with Crippen molar-refractivity contribution in [3.05, 3.63) is 93.5 Å². The predicted molar refractivity (Wildman–Crippen MR) is 120 cm³/mol. The number of benzene rings is 2. The van der Waals surface area contributed by atoms with Crippen LogP contribution in [0.1, 0.15) is 15.9 Å². The molecule has 0 saturated heterocycles. The van der Waals surface area contributed by atoms with E-state index in [1.54, 1.807) is 48.7 Å². The molecule has 0 saturated carbocycles. The zero-order chi connectivity index (χ0) is 22.8. The Balaban J connectivity index is 1.73. The van der Waals surface area contributed by atoms with Crippen molar-refractivity contribution in [2.45, 2.75) is 6.54 Å². The van der Waals surface area contributed by atoms with Crippen molar-refractivity contribution in [3.63, 3.8) is 0 Å². The van der Waals surface area contributed by atoms with E-state index in [0.29, 0.717) is 22.0 Å². The maximum atomic E-state index is 13.1. The first kappa shape index (κ1) is 21.2. The average molecular weight is 451 g/mol. The van der Waals surface area contributed by atoms with E-state index in [4.69, 9.17) is 11.6 Å². The van der Waals surface area contributed by atoms with E-state index >= 15 is 0 Å². The normalized spacial score (nSPS) is 10.8. The molecular formula is C23H19ClN4O4. The Hall–Kier alpha value is -4.04. The van der Waals surface area contributed by atoms with Crippen molar-refractivity contribution in [2.24, 2.45) is 0 Å². The summed E-state index contributed by atoms with van der Waals surface area (Å²) in [5.74, 6) is -1.13. The van der Waals surface area contributed by atoms with E-state index in [9.17, 15) is 19.8 Å². The van der Waals surface area contributed by atoms with Gasteiger partial charge in [-0.1, -0.05) is 29.8 Å². The molecule has 0 aliphatic rings. The van der Waals surface area contributed by atoms with Gasteiger partial charge < -0.3 is 20.1 Å². The Morgan fingerprint density at radius 2 is 1.91 bits per heavy atom. The van der Waals surface area contributed by atoms with E-state index in [0.717, 1.165) is 6.07 Å². The van der Waals surface area contributed by atoms with E-state index in [2.05, 4.69) is 10.1 Å². The number of nitrogens with one attached hydrogen (secondary N) is 1. The van der Waals surface area contributed by atoms with Crippen molar-refractivity contribution in [1.82, 2.24) is 19.7 Å². The smallest absolute Gasteiger partial charge is 0.257 e. The number of phenolic OH excluding ortho intramolecular Hbond substituents is 2. The van der Waals surface area contributed by atoms with Crippen molar-refractivity contribution >= 4 is 17.5 Å². The van der Waals surface area contributed by atoms with Crippen LogP contribution in [-0.4, -0.2) is 42.8 Å². The van der Waals surface area contributed by atoms with Gasteiger partial charge in [0, 0.05) is 30.4 Å². The third-order valence-electron chi connectivity index (χ3n) is 5.00. The molecule has 0 spiro atoms. The Morgan fingerprint density at radius 1 is 1.12 bits per heavy atom. The lowest BCUT2D eigenvalue weighted by atomic mass is 10.0. The number of halogens is 1. The number of carbonyl (C=O) groups excluding carboxylic acids is 1. The molecule has 8 nitrogen and oxygen atoms in total. The highest BCUT2D eigenvalue weighted by molar-refractivity contribution is 6.32. The fourth-order valence-electron chi connectivity index (χ4n) is 3.39. The number of amides is 1. The van der Waals surface area contributed by atoms with Crippen molar-refractivity contribution in [3.8, 4) is 28.4 Å². The number of carbonyl (C=O) groups is 1. The molecule has 0 unspecified atom stereocenters. The van der Waals surface area contributed by atoms with Gasteiger partial charge in [0.25, 0.3) is 11.5 Å². The number of pyridine rings is 1. The molecule has 9 heteroatoms. The molecule has 32 heavy (non-hydrogen) atoms. The van der Waals surface area contributed by atoms with Crippen LogP contribution in [0.3, 0.4) is 0 Å². The largest absolute Gasteiger partial charge is 0.507 e. The van der Waals surface area contributed by atoms with Gasteiger partial charge in [0.05, 0.1) is 34.7 Å². The molecular weight excluding hydrogens is 432 g/mol. The minimum absolute atomic E-state index is 0.0282. The number of phenols is 2. The summed E-state index contributed by atoms with van der Waals surface area (Å²) < 4.78 is 1.54. The van der Waals surface area contributed by atoms with Gasteiger partial charge in [0.1, 0.15) is 11.5 Å². The number of aromatic amines is 1. The van der Waals surface area contributed by atoms with Crippen LogP contribution in [0.2, 0.25) is 5.02 Å². The number of para-hydroxylation sites is 1. The first-order valence-electron chi connectivity index (χ1n) is 9.64. The summed E-state index contributed by atoms with van der Waals surface area (Å²) in [6.07, 6.45) is 3.05. The number of aromatic nitrogens is 3. The van der Waals surface area contributed by atoms with Crippen molar-refractivity contribution in [2.75, 3.05) is 7.05 Å². The molecule has 1 amide bonds. The molecule has 2 heterocycles. The van der Waals surface area contributed by atoms with Crippen LogP contribution in [-0.2, 0) is 6.54 Å². The van der Waals surface area contributed by atoms with Gasteiger partial charge in [-0.05, 0) is 30.3 Å². The highest BCUT2D eigenvalue weighted by Gasteiger charge is 2.22. The van der Waals surface area contributed by atoms with Gasteiger partial charge in [-0.3, -0.25) is 9.59 Å². The fourth-order valence-corrected chi connectivity index (χ4v) is 3.61. The molecule has 0 bridgehead atoms. The standard InChI is InChI=1S/C23H19ClN4O4/c1-27(13-14-5-4-9-25-22(14)31)23(32)16-11-15(20(29)12-21(16)30)18-8-10-26-28(18)19-7-3-2-6-17(19)24/h2-12,29-30H,13H2,1H3,(H,25,31). The molecule has 3 N–H and O–H groups in total. The third kappa shape index (κ3) is 3.95. The molecule has 0 aliphatic heterocycles. The maximum Gasteiger partial charge on any atom is 0.257 e. The molecule has 162 valence electrons. The number of nitrogens with zero attached hydrogens (tertiary/aromatic N) is 3. The Bertz CT molecular complexity index is 1360. The van der Waals surface area contributed by atoms with E-state index < -0.39 is 5.91 Å². The maximum absolute atomic E-state index is 13.1. The fraction of sp³-hybridized carbons (Fsp3) is 0.0870. The summed E-state index contributed by atoms with van der Waals surface area (Å²) in [4.78, 5) is 28.9. The van der Waals surface area contributed by atoms with Crippen LogP contribution in [0, 0.1) is 0 Å². The SMILES string of the molecule is CN(Cc1ccc[nH]c1=O)C(=O)c1cc(-c2ccnn2-c2ccccc2Cl)c(O)cc1O. The first-order valence-corrected chi connectivity index (χ1v) is 10.0. The lowest BCUT2D eigenvalue weighted by Gasteiger charge is -2.19. The van der Waals surface area contributed by atoms with Gasteiger partial charge in [-0.2, -0.15) is 5.10 Å². The number of aromatic hydroxyl groups is 2. The second-order valence-electron chi connectivity index (χ2n) is 7.15. The van der Waals surface area contributed by atoms with Gasteiger partial charge in [0.15, 0.2) is 0 Å². The zero-order valence-corrected chi connectivity index (χ0v) is 17.7. The number of hydrogen-bond donors (Lipinski definition) is 3. The van der Waals surface area contributed by atoms with Gasteiger partial charge in [-0.15, -0.1) is 0 Å². The van der Waals surface area contributed by atoms with Gasteiger partial charge in [-0.25, -0.2) is 4.68 Å². The first-order chi connectivity index (χ1) is 15.4. The molecule has 4 aromatic rings. The quantitative estimate of drug-likeness (QED) is 0.430. The van der Waals surface area contributed by atoms with E-state index in [1.807, 2.05) is 0 Å². The van der Waals surface area contributed by atoms with Gasteiger partial charge in [0.2, 0.25) is 0 Å². The van der Waals surface area contributed by atoms with E-state index in [1.165, 1.54) is 28.9 Å². The minimum Gasteiger partial charge on any atom is -0.507 e. The minimum atomic E-state index is -0.518. The topological polar surface area (TPSA) is 111 Å². The summed E-state index contributed by atoms with van der Waals surface area (Å²) in [5.41, 5.74) is 1.43. The molecule has 0 fully saturated rings. The Labute approximate surface area is 187 Å². The third-order valence-corrected chi connectivity index (χ3v) is 5.32. The van der Waals surface area contributed by atoms with Crippen LogP contribution in [0.15, 0.2) is 71.8 Å². The summed E-state index contributed by atoms with van der Waals surface area (Å²) in [7, 11) is 1.52. The molecule has 2 aromatic carbocycles. The number of H-pyrrole nitrogens is 1. The average Bonchev–Trinajstić information content (AvgIpc) is 3.24. The number of hydrogen-bond acceptors (Lipinski definition) is 5. The highest BCUT2D eigenvalue weighted by atomic mass is 35.5. The molecule has 0 aliphatic carbocycles. The summed E-state index contributed by atoms with van der Waals surface area (Å²) in [6, 6.07) is 14.5. The number of rotatable bonds is 5. The van der Waals surface area contributed by atoms with Crippen LogP contribution < -0.4 is 5.56 Å². The second kappa shape index (κ2) is 8.60. The highest BCUT2D eigenvalue weighted by Crippen LogP contribution is 2.37. The molecule has 2 aromatic heterocycles. The lowest BCUT2D eigenvalue weighted by molar-refractivity contribution is 0.0781. The van der Waals surface area contributed by atoms with Crippen LogP contribution in [0.4, 0.5) is 0 Å². The van der Waals surface area contributed by atoms with Gasteiger partial charge >= 0.3 is 0 Å². The molecule has 4 rings (SSSR count). The summed E-state index contributed by atoms with van der Waals surface area (Å²) in [6.45, 7) is 0.0439. The predicted octanol–water partition coefficient (Wildman–Crippen LogP) is 3.56. The molecule has 0 atom stereocenters. The lowest BCUT2D eigenvalue weighted by Crippen LogP contribution is -2.29. The van der Waals surface area contributed by atoms with E-state index in [-0.39, 0.29) is 34.7 Å². The monoisotopic (exact) mass is 450 g/mol. The van der Waals surface area contributed by atoms with Crippen molar-refractivity contribution < 1.29 is 15.0 Å². The summed E-state index contributed by atoms with van der Waals surface area (Å²) >= 11 is 6.30. The summed E-state index contributed by atoms with van der Waals surface area (Å²) in [5, 5.41) is 25.6. The van der Waals surface area contributed by atoms with Crippen LogP contribution >= 0.6 is 11.6 Å². The van der Waals surface area contributed by atoms with Crippen molar-refractivity contribution in [1.29, 1.82) is 0 Å². The van der Waals surface area contributed by atoms with Crippen LogP contribution in [0.5, 0.6) is 11.5 Å². The van der Waals surface area contributed by atoms with Crippen LogP contribution in [0.25, 0.3) is 16.9 Å². The Kier molecular flexibility index (Phi) is 5.70. The second-order valence-corrected chi connectivity index (χ2v) is 7.56.